The maximum atomic E-state index is 6.33. The number of nitrogens with zero attached hydrogens (tertiary/aromatic N) is 3. The zero-order chi connectivity index (χ0) is 17.8. The summed E-state index contributed by atoms with van der Waals surface area (Å²) in [6.45, 7) is 0. The van der Waals surface area contributed by atoms with E-state index in [1.54, 1.807) is 13.2 Å². The van der Waals surface area contributed by atoms with Crippen LogP contribution in [0.3, 0.4) is 0 Å². The monoisotopic (exact) mass is 355 g/mol. The van der Waals surface area contributed by atoms with E-state index in [1.807, 2.05) is 67.5 Å². The summed E-state index contributed by atoms with van der Waals surface area (Å²) in [5.41, 5.74) is 2.87. The van der Waals surface area contributed by atoms with Gasteiger partial charge in [-0.2, -0.15) is 4.98 Å². The Morgan fingerprint density at radius 3 is 2.60 bits per heavy atom. The predicted molar refractivity (Wildman–Crippen MR) is 101 cm³/mol. The number of ether oxygens (including phenoxy) is 1. The lowest BCUT2D eigenvalue weighted by Crippen LogP contribution is -2.07. The standard InChI is InChI=1S/C19H18ClN3O2/c1-23(2)15-9-7-13(8-10-15)11-17(20)19-21-18(22-25-19)14-5-4-6-16(12-14)24-3/h4-12H,1-3H3/b17-11-. The average Bonchev–Trinajstić information content (AvgIpc) is 3.12. The van der Waals surface area contributed by atoms with E-state index in [9.17, 15) is 0 Å². The minimum Gasteiger partial charge on any atom is -0.497 e. The molecule has 2 aromatic carbocycles. The molecule has 0 aliphatic rings. The molecule has 0 spiro atoms. The molecule has 25 heavy (non-hydrogen) atoms. The third kappa shape index (κ3) is 4.00. The normalized spacial score (nSPS) is 11.4. The predicted octanol–water partition coefficient (Wildman–Crippen LogP) is 4.55. The lowest BCUT2D eigenvalue weighted by molar-refractivity contribution is 0.409. The van der Waals surface area contributed by atoms with Gasteiger partial charge in [0.1, 0.15) is 10.8 Å². The van der Waals surface area contributed by atoms with Crippen LogP contribution >= 0.6 is 11.6 Å². The number of hydrogen-bond donors (Lipinski definition) is 0. The Kier molecular flexibility index (Phi) is 5.05. The van der Waals surface area contributed by atoms with Gasteiger partial charge in [0.15, 0.2) is 0 Å². The second-order valence-corrected chi connectivity index (χ2v) is 6.04. The molecule has 3 rings (SSSR count). The molecular formula is C19H18ClN3O2. The maximum Gasteiger partial charge on any atom is 0.269 e. The second kappa shape index (κ2) is 7.40. The van der Waals surface area contributed by atoms with Crippen LogP contribution in [-0.4, -0.2) is 31.3 Å². The lowest BCUT2D eigenvalue weighted by Gasteiger charge is -2.11. The van der Waals surface area contributed by atoms with Crippen molar-refractivity contribution in [2.45, 2.75) is 0 Å². The fourth-order valence-electron chi connectivity index (χ4n) is 2.28. The first kappa shape index (κ1) is 17.0. The maximum absolute atomic E-state index is 6.33. The van der Waals surface area contributed by atoms with Crippen molar-refractivity contribution in [3.63, 3.8) is 0 Å². The van der Waals surface area contributed by atoms with E-state index in [0.29, 0.717) is 10.9 Å². The molecule has 0 bridgehead atoms. The highest BCUT2D eigenvalue weighted by molar-refractivity contribution is 6.50. The van der Waals surface area contributed by atoms with Gasteiger partial charge in [-0.15, -0.1) is 0 Å². The van der Waals surface area contributed by atoms with Gasteiger partial charge in [0, 0.05) is 25.3 Å². The van der Waals surface area contributed by atoms with Crippen LogP contribution < -0.4 is 9.64 Å². The van der Waals surface area contributed by atoms with Crippen LogP contribution in [0.5, 0.6) is 5.75 Å². The van der Waals surface area contributed by atoms with Crippen molar-refractivity contribution in [2.24, 2.45) is 0 Å². The van der Waals surface area contributed by atoms with Crippen LogP contribution in [0.2, 0.25) is 0 Å². The summed E-state index contributed by atoms with van der Waals surface area (Å²) in [5.74, 6) is 1.46. The molecule has 128 valence electrons. The third-order valence-corrected chi connectivity index (χ3v) is 3.93. The number of aromatic nitrogens is 2. The fraction of sp³-hybridized carbons (Fsp3) is 0.158. The highest BCUT2D eigenvalue weighted by Crippen LogP contribution is 2.26. The molecule has 3 aromatic rings. The molecule has 5 nitrogen and oxygen atoms in total. The van der Waals surface area contributed by atoms with Crippen LogP contribution in [0.1, 0.15) is 11.5 Å². The SMILES string of the molecule is COc1cccc(-c2noc(/C(Cl)=C/c3ccc(N(C)C)cc3)n2)c1. The zero-order valence-electron chi connectivity index (χ0n) is 14.2. The number of halogens is 1. The highest BCUT2D eigenvalue weighted by Gasteiger charge is 2.12. The smallest absolute Gasteiger partial charge is 0.269 e. The molecule has 0 unspecified atom stereocenters. The van der Waals surface area contributed by atoms with Gasteiger partial charge >= 0.3 is 0 Å². The Morgan fingerprint density at radius 2 is 1.92 bits per heavy atom. The van der Waals surface area contributed by atoms with Crippen molar-refractivity contribution in [1.29, 1.82) is 0 Å². The van der Waals surface area contributed by atoms with Crippen LogP contribution in [-0.2, 0) is 0 Å². The Labute approximate surface area is 151 Å². The van der Waals surface area contributed by atoms with Crippen molar-refractivity contribution >= 4 is 28.4 Å². The van der Waals surface area contributed by atoms with Crippen LogP contribution in [0.25, 0.3) is 22.5 Å². The van der Waals surface area contributed by atoms with Gasteiger partial charge in [-0.3, -0.25) is 0 Å². The molecule has 1 heterocycles. The van der Waals surface area contributed by atoms with E-state index >= 15 is 0 Å². The topological polar surface area (TPSA) is 51.4 Å². The van der Waals surface area contributed by atoms with E-state index in [4.69, 9.17) is 20.9 Å². The van der Waals surface area contributed by atoms with E-state index in [2.05, 4.69) is 10.1 Å². The Morgan fingerprint density at radius 1 is 1.16 bits per heavy atom. The van der Waals surface area contributed by atoms with Crippen molar-refractivity contribution in [3.05, 3.63) is 60.0 Å². The molecule has 0 fully saturated rings. The van der Waals surface area contributed by atoms with Crippen molar-refractivity contribution < 1.29 is 9.26 Å². The second-order valence-electron chi connectivity index (χ2n) is 5.63. The van der Waals surface area contributed by atoms with Crippen LogP contribution in [0.4, 0.5) is 5.69 Å². The molecule has 0 radical (unpaired) electrons. The first-order valence-electron chi connectivity index (χ1n) is 7.70. The number of anilines is 1. The van der Waals surface area contributed by atoms with Crippen molar-refractivity contribution in [2.75, 3.05) is 26.1 Å². The molecule has 0 saturated carbocycles. The first-order chi connectivity index (χ1) is 12.1. The third-order valence-electron chi connectivity index (χ3n) is 3.66. The molecule has 0 saturated heterocycles. The summed E-state index contributed by atoms with van der Waals surface area (Å²) in [4.78, 5) is 6.39. The Balaban J connectivity index is 1.83. The quantitative estimate of drug-likeness (QED) is 0.672. The summed E-state index contributed by atoms with van der Waals surface area (Å²) < 4.78 is 10.5. The van der Waals surface area contributed by atoms with Gasteiger partial charge in [-0.1, -0.05) is 41.0 Å². The molecule has 6 heteroatoms. The van der Waals surface area contributed by atoms with Crippen molar-refractivity contribution in [3.8, 4) is 17.1 Å². The summed E-state index contributed by atoms with van der Waals surface area (Å²) in [5, 5.41) is 4.38. The summed E-state index contributed by atoms with van der Waals surface area (Å²) in [7, 11) is 5.61. The van der Waals surface area contributed by atoms with Gasteiger partial charge in [0.25, 0.3) is 5.89 Å². The van der Waals surface area contributed by atoms with Crippen LogP contribution in [0, 0.1) is 0 Å². The number of methoxy groups -OCH3 is 1. The van der Waals surface area contributed by atoms with Gasteiger partial charge < -0.3 is 14.2 Å². The molecule has 0 N–H and O–H groups in total. The number of hydrogen-bond acceptors (Lipinski definition) is 5. The van der Waals surface area contributed by atoms with Gasteiger partial charge in [-0.05, 0) is 35.9 Å². The largest absolute Gasteiger partial charge is 0.497 e. The van der Waals surface area contributed by atoms with E-state index in [0.717, 1.165) is 22.6 Å². The summed E-state index contributed by atoms with van der Waals surface area (Å²) in [6, 6.07) is 15.5. The molecule has 1 aromatic heterocycles. The van der Waals surface area contributed by atoms with E-state index in [1.165, 1.54) is 0 Å². The minimum absolute atomic E-state index is 0.274. The first-order valence-corrected chi connectivity index (χ1v) is 8.07. The zero-order valence-corrected chi connectivity index (χ0v) is 15.0. The molecule has 0 amide bonds. The highest BCUT2D eigenvalue weighted by atomic mass is 35.5. The average molecular weight is 356 g/mol. The minimum atomic E-state index is 0.274. The Bertz CT molecular complexity index is 886. The van der Waals surface area contributed by atoms with Gasteiger partial charge in [0.05, 0.1) is 7.11 Å². The summed E-state index contributed by atoms with van der Waals surface area (Å²) >= 11 is 6.33. The van der Waals surface area contributed by atoms with E-state index < -0.39 is 0 Å². The van der Waals surface area contributed by atoms with Gasteiger partial charge in [0.2, 0.25) is 5.82 Å². The molecule has 0 atom stereocenters. The van der Waals surface area contributed by atoms with Gasteiger partial charge in [-0.25, -0.2) is 0 Å². The summed E-state index contributed by atoms with van der Waals surface area (Å²) in [6.07, 6.45) is 1.80. The van der Waals surface area contributed by atoms with Crippen molar-refractivity contribution in [1.82, 2.24) is 10.1 Å². The fourth-order valence-corrected chi connectivity index (χ4v) is 2.48. The number of benzene rings is 2. The lowest BCUT2D eigenvalue weighted by atomic mass is 10.2. The molecule has 0 aliphatic heterocycles. The number of rotatable bonds is 5. The van der Waals surface area contributed by atoms with Crippen LogP contribution in [0.15, 0.2) is 53.1 Å². The molecule has 0 aliphatic carbocycles. The Hall–Kier alpha value is -2.79. The molecular weight excluding hydrogens is 338 g/mol. The van der Waals surface area contributed by atoms with E-state index in [-0.39, 0.29) is 5.89 Å².